The van der Waals surface area contributed by atoms with Crippen molar-refractivity contribution in [2.24, 2.45) is 23.2 Å². The van der Waals surface area contributed by atoms with E-state index in [4.69, 9.17) is 0 Å². The van der Waals surface area contributed by atoms with Crippen molar-refractivity contribution in [2.45, 2.75) is 110 Å². The van der Waals surface area contributed by atoms with E-state index in [1.165, 1.54) is 43.3 Å². The highest BCUT2D eigenvalue weighted by Crippen LogP contribution is 2.60. The van der Waals surface area contributed by atoms with Gasteiger partial charge in [-0.05, 0) is 100 Å². The van der Waals surface area contributed by atoms with Crippen LogP contribution in [0.15, 0.2) is 35.5 Å². The molecule has 3 saturated carbocycles. The maximum Gasteiger partial charge on any atom is 0.105 e. The van der Waals surface area contributed by atoms with Crippen LogP contribution in [0.5, 0.6) is 0 Å². The maximum atomic E-state index is 13.9. The lowest BCUT2D eigenvalue weighted by atomic mass is 9.60. The van der Waals surface area contributed by atoms with Crippen molar-refractivity contribution in [3.63, 3.8) is 0 Å². The molecule has 0 spiro atoms. The highest BCUT2D eigenvalue weighted by molar-refractivity contribution is 5.36. The fourth-order valence-electron chi connectivity index (χ4n) is 6.66. The molecule has 3 aliphatic rings. The largest absolute Gasteiger partial charge is 0.393 e. The van der Waals surface area contributed by atoms with Crippen molar-refractivity contribution in [2.75, 3.05) is 0 Å². The molecule has 0 radical (unpaired) electrons. The van der Waals surface area contributed by atoms with Gasteiger partial charge in [0, 0.05) is 0 Å². The Bertz CT molecular complexity index is 652. The van der Waals surface area contributed by atoms with E-state index in [9.17, 15) is 9.50 Å². The molecule has 0 saturated heterocycles. The number of halogens is 1. The Balaban J connectivity index is 1.68. The molecule has 0 heterocycles. The van der Waals surface area contributed by atoms with Gasteiger partial charge in [0.2, 0.25) is 0 Å². The predicted molar refractivity (Wildman–Crippen MR) is 122 cm³/mol. The molecule has 1 unspecified atom stereocenters. The van der Waals surface area contributed by atoms with Gasteiger partial charge in [-0.3, -0.25) is 0 Å². The third-order valence-corrected chi connectivity index (χ3v) is 8.34. The summed E-state index contributed by atoms with van der Waals surface area (Å²) in [6, 6.07) is 0. The first kappa shape index (κ1) is 22.8. The number of alkyl halides is 1. The van der Waals surface area contributed by atoms with E-state index >= 15 is 0 Å². The normalized spacial score (nSPS) is 37.2. The molecular weight excluding hydrogens is 359 g/mol. The van der Waals surface area contributed by atoms with Gasteiger partial charge in [-0.25, -0.2) is 4.39 Å². The zero-order valence-corrected chi connectivity index (χ0v) is 19.3. The monoisotopic (exact) mass is 402 g/mol. The van der Waals surface area contributed by atoms with Gasteiger partial charge in [0.25, 0.3) is 0 Å². The lowest BCUT2D eigenvalue weighted by molar-refractivity contribution is 0.0904. The molecule has 0 bridgehead atoms. The molecule has 0 aromatic rings. The SMILES string of the molecule is C=C1CC[C@H](O)CC1=CC=C1CCC[C@@]2(C)C1CC[C@@H]2[C@H](C)CCCC(C)(C)F. The van der Waals surface area contributed by atoms with E-state index in [0.29, 0.717) is 23.7 Å². The van der Waals surface area contributed by atoms with Gasteiger partial charge in [0.1, 0.15) is 5.67 Å². The van der Waals surface area contributed by atoms with Crippen LogP contribution < -0.4 is 0 Å². The Morgan fingerprint density at radius 3 is 2.72 bits per heavy atom. The van der Waals surface area contributed by atoms with Gasteiger partial charge >= 0.3 is 0 Å². The molecule has 3 rings (SSSR count). The van der Waals surface area contributed by atoms with Crippen molar-refractivity contribution in [1.29, 1.82) is 0 Å². The smallest absolute Gasteiger partial charge is 0.105 e. The summed E-state index contributed by atoms with van der Waals surface area (Å²) in [5.41, 5.74) is 3.45. The fraction of sp³-hybridized carbons (Fsp3) is 0.778. The zero-order chi connectivity index (χ0) is 21.2. The molecule has 0 aromatic heterocycles. The van der Waals surface area contributed by atoms with Crippen LogP contribution in [0.3, 0.4) is 0 Å². The van der Waals surface area contributed by atoms with Crippen LogP contribution in [0.25, 0.3) is 0 Å². The molecule has 0 aromatic carbocycles. The van der Waals surface area contributed by atoms with Crippen LogP contribution in [-0.2, 0) is 0 Å². The topological polar surface area (TPSA) is 20.2 Å². The minimum Gasteiger partial charge on any atom is -0.393 e. The van der Waals surface area contributed by atoms with Crippen LogP contribution in [-0.4, -0.2) is 16.9 Å². The minimum atomic E-state index is -1.03. The Hall–Kier alpha value is -0.890. The molecular formula is C27H43FO. The molecule has 29 heavy (non-hydrogen) atoms. The lowest BCUT2D eigenvalue weighted by Gasteiger charge is -2.44. The molecule has 1 N–H and O–H groups in total. The molecule has 0 amide bonds. The fourth-order valence-corrected chi connectivity index (χ4v) is 6.66. The molecule has 3 aliphatic carbocycles. The first-order valence-corrected chi connectivity index (χ1v) is 12.0. The summed E-state index contributed by atoms with van der Waals surface area (Å²) in [5.74, 6) is 2.14. The number of rotatable bonds is 6. The number of hydrogen-bond acceptors (Lipinski definition) is 1. The number of hydrogen-bond donors (Lipinski definition) is 1. The Morgan fingerprint density at radius 1 is 1.24 bits per heavy atom. The Kier molecular flexibility index (Phi) is 7.14. The van der Waals surface area contributed by atoms with Crippen molar-refractivity contribution in [1.82, 2.24) is 0 Å². The van der Waals surface area contributed by atoms with Gasteiger partial charge < -0.3 is 5.11 Å². The number of aliphatic hydroxyl groups is 1. The average molecular weight is 403 g/mol. The van der Waals surface area contributed by atoms with Gasteiger partial charge in [-0.15, -0.1) is 0 Å². The van der Waals surface area contributed by atoms with Crippen LogP contribution in [0.1, 0.15) is 98.3 Å². The highest BCUT2D eigenvalue weighted by Gasteiger charge is 2.50. The van der Waals surface area contributed by atoms with E-state index in [0.717, 1.165) is 38.0 Å². The second-order valence-electron chi connectivity index (χ2n) is 11.1. The highest BCUT2D eigenvalue weighted by atomic mass is 19.1. The summed E-state index contributed by atoms with van der Waals surface area (Å²) in [6.45, 7) is 12.6. The summed E-state index contributed by atoms with van der Waals surface area (Å²) in [6.07, 6.45) is 16.3. The zero-order valence-electron chi connectivity index (χ0n) is 19.3. The van der Waals surface area contributed by atoms with Crippen LogP contribution >= 0.6 is 0 Å². The maximum absolute atomic E-state index is 13.9. The van der Waals surface area contributed by atoms with Crippen molar-refractivity contribution < 1.29 is 9.50 Å². The lowest BCUT2D eigenvalue weighted by Crippen LogP contribution is -2.36. The standard InChI is InChI=1S/C27H43FO/c1-19-10-13-23(29)18-22(19)12-11-21-9-7-17-27(5)24(14-15-25(21)27)20(2)8-6-16-26(3,4)28/h11-12,20,23-25,29H,1,6-10,13-18H2,2-5H3/t20-,23+,24-,25?,27-/m1/s1. The third-order valence-electron chi connectivity index (χ3n) is 8.34. The van der Waals surface area contributed by atoms with Gasteiger partial charge in [-0.2, -0.15) is 0 Å². The summed E-state index contributed by atoms with van der Waals surface area (Å²) in [4.78, 5) is 0. The minimum absolute atomic E-state index is 0.201. The van der Waals surface area contributed by atoms with E-state index in [1.807, 2.05) is 0 Å². The molecule has 1 nitrogen and oxygen atoms in total. The summed E-state index contributed by atoms with van der Waals surface area (Å²) < 4.78 is 13.9. The first-order chi connectivity index (χ1) is 13.6. The Labute approximate surface area is 178 Å². The number of allylic oxidation sites excluding steroid dienone is 4. The summed E-state index contributed by atoms with van der Waals surface area (Å²) in [5, 5.41) is 10.0. The van der Waals surface area contributed by atoms with Crippen molar-refractivity contribution in [3.8, 4) is 0 Å². The first-order valence-electron chi connectivity index (χ1n) is 12.0. The second-order valence-corrected chi connectivity index (χ2v) is 11.1. The Morgan fingerprint density at radius 2 is 2.00 bits per heavy atom. The number of aliphatic hydroxyl groups excluding tert-OH is 1. The molecule has 5 atom stereocenters. The van der Waals surface area contributed by atoms with Crippen molar-refractivity contribution >= 4 is 0 Å². The molecule has 164 valence electrons. The van der Waals surface area contributed by atoms with Crippen LogP contribution in [0, 0.1) is 23.2 Å². The molecule has 2 heteroatoms. The van der Waals surface area contributed by atoms with E-state index < -0.39 is 5.67 Å². The van der Waals surface area contributed by atoms with Crippen molar-refractivity contribution in [3.05, 3.63) is 35.5 Å². The molecule has 3 fully saturated rings. The summed E-state index contributed by atoms with van der Waals surface area (Å²) in [7, 11) is 0. The van der Waals surface area contributed by atoms with Gasteiger partial charge in [0.05, 0.1) is 6.10 Å². The average Bonchev–Trinajstić information content (AvgIpc) is 2.99. The van der Waals surface area contributed by atoms with E-state index in [-0.39, 0.29) is 6.10 Å². The van der Waals surface area contributed by atoms with E-state index in [1.54, 1.807) is 19.4 Å². The third kappa shape index (κ3) is 5.43. The van der Waals surface area contributed by atoms with Gasteiger partial charge in [0.15, 0.2) is 0 Å². The summed E-state index contributed by atoms with van der Waals surface area (Å²) >= 11 is 0. The quantitative estimate of drug-likeness (QED) is 0.482. The molecule has 0 aliphatic heterocycles. The van der Waals surface area contributed by atoms with E-state index in [2.05, 4.69) is 32.6 Å². The predicted octanol–water partition coefficient (Wildman–Crippen LogP) is 7.71. The van der Waals surface area contributed by atoms with Gasteiger partial charge in [-0.1, -0.05) is 56.6 Å². The van der Waals surface area contributed by atoms with Crippen LogP contribution in [0.2, 0.25) is 0 Å². The second kappa shape index (κ2) is 9.08. The number of fused-ring (bicyclic) bond motifs is 1. The van der Waals surface area contributed by atoms with Crippen LogP contribution in [0.4, 0.5) is 4.39 Å².